The van der Waals surface area contributed by atoms with E-state index < -0.39 is 32.0 Å². The molecule has 0 aliphatic carbocycles. The van der Waals surface area contributed by atoms with Crippen LogP contribution in [0.1, 0.15) is 129 Å². The highest BCUT2D eigenvalue weighted by atomic mass is 31.2. The molecular formula is C29H59N2O7P. The van der Waals surface area contributed by atoms with E-state index in [9.17, 15) is 24.5 Å². The van der Waals surface area contributed by atoms with Crippen LogP contribution in [0.2, 0.25) is 0 Å². The number of phosphoric acid groups is 1. The SMILES string of the molecule is CCCC/C=C\CCCCCC(O)CC(=O)NC(COP(=O)(O)OCCN)C(O)CCCCCCCCCC. The van der Waals surface area contributed by atoms with Crippen molar-refractivity contribution in [1.82, 2.24) is 5.32 Å². The lowest BCUT2D eigenvalue weighted by Gasteiger charge is -2.25. The second-order valence-electron chi connectivity index (χ2n) is 10.5. The van der Waals surface area contributed by atoms with Gasteiger partial charge in [-0.05, 0) is 32.1 Å². The summed E-state index contributed by atoms with van der Waals surface area (Å²) in [6, 6.07) is -0.893. The number of rotatable bonds is 28. The van der Waals surface area contributed by atoms with Gasteiger partial charge in [0.1, 0.15) is 0 Å². The zero-order chi connectivity index (χ0) is 29.2. The predicted molar refractivity (Wildman–Crippen MR) is 158 cm³/mol. The van der Waals surface area contributed by atoms with Crippen LogP contribution in [0, 0.1) is 0 Å². The van der Waals surface area contributed by atoms with Crippen molar-refractivity contribution in [1.29, 1.82) is 0 Å². The zero-order valence-electron chi connectivity index (χ0n) is 24.7. The average Bonchev–Trinajstić information content (AvgIpc) is 2.90. The quantitative estimate of drug-likeness (QED) is 0.0437. The van der Waals surface area contributed by atoms with Crippen molar-refractivity contribution in [2.45, 2.75) is 148 Å². The van der Waals surface area contributed by atoms with Crippen LogP contribution in [0.4, 0.5) is 0 Å². The van der Waals surface area contributed by atoms with Crippen LogP contribution in [0.3, 0.4) is 0 Å². The van der Waals surface area contributed by atoms with E-state index in [1.165, 1.54) is 44.9 Å². The fourth-order valence-corrected chi connectivity index (χ4v) is 5.04. The van der Waals surface area contributed by atoms with Crippen LogP contribution in [-0.2, 0) is 18.4 Å². The molecule has 0 spiro atoms. The van der Waals surface area contributed by atoms with Gasteiger partial charge in [-0.3, -0.25) is 13.8 Å². The Labute approximate surface area is 237 Å². The highest BCUT2D eigenvalue weighted by Crippen LogP contribution is 2.43. The largest absolute Gasteiger partial charge is 0.472 e. The maximum Gasteiger partial charge on any atom is 0.472 e. The van der Waals surface area contributed by atoms with Crippen molar-refractivity contribution in [3.63, 3.8) is 0 Å². The van der Waals surface area contributed by atoms with Crippen LogP contribution < -0.4 is 11.1 Å². The van der Waals surface area contributed by atoms with Crippen LogP contribution in [-0.4, -0.2) is 59.0 Å². The maximum atomic E-state index is 12.6. The van der Waals surface area contributed by atoms with Crippen molar-refractivity contribution < 1.29 is 33.5 Å². The monoisotopic (exact) mass is 578 g/mol. The average molecular weight is 579 g/mol. The van der Waals surface area contributed by atoms with Crippen molar-refractivity contribution in [3.8, 4) is 0 Å². The van der Waals surface area contributed by atoms with Gasteiger partial charge in [0.05, 0.1) is 37.9 Å². The molecule has 0 aliphatic heterocycles. The Morgan fingerprint density at radius 3 is 2.05 bits per heavy atom. The van der Waals surface area contributed by atoms with E-state index in [-0.39, 0.29) is 26.2 Å². The molecular weight excluding hydrogens is 519 g/mol. The number of amides is 1. The van der Waals surface area contributed by atoms with E-state index in [0.717, 1.165) is 51.4 Å². The number of carbonyl (C=O) groups is 1. The van der Waals surface area contributed by atoms with Gasteiger partial charge in [0.25, 0.3) is 0 Å². The van der Waals surface area contributed by atoms with Gasteiger partial charge in [0, 0.05) is 6.54 Å². The fraction of sp³-hybridized carbons (Fsp3) is 0.897. The summed E-state index contributed by atoms with van der Waals surface area (Å²) in [5, 5.41) is 23.7. The molecule has 0 aromatic heterocycles. The first-order chi connectivity index (χ1) is 18.8. The van der Waals surface area contributed by atoms with Crippen molar-refractivity contribution >= 4 is 13.7 Å². The predicted octanol–water partition coefficient (Wildman–Crippen LogP) is 5.90. The Kier molecular flexibility index (Phi) is 25.6. The van der Waals surface area contributed by atoms with E-state index in [0.29, 0.717) is 12.8 Å². The summed E-state index contributed by atoms with van der Waals surface area (Å²) in [6.45, 7) is 3.90. The minimum atomic E-state index is -4.35. The van der Waals surface area contributed by atoms with Gasteiger partial charge in [0.15, 0.2) is 0 Å². The summed E-state index contributed by atoms with van der Waals surface area (Å²) in [5.74, 6) is -0.430. The molecule has 0 saturated heterocycles. The highest BCUT2D eigenvalue weighted by Gasteiger charge is 2.28. The molecule has 0 heterocycles. The number of aliphatic hydroxyl groups is 2. The van der Waals surface area contributed by atoms with E-state index >= 15 is 0 Å². The molecule has 39 heavy (non-hydrogen) atoms. The Hall–Kier alpha value is -0.800. The fourth-order valence-electron chi connectivity index (χ4n) is 4.28. The molecule has 0 fully saturated rings. The number of nitrogens with one attached hydrogen (secondary N) is 1. The number of hydrogen-bond acceptors (Lipinski definition) is 7. The Morgan fingerprint density at radius 2 is 1.41 bits per heavy atom. The minimum Gasteiger partial charge on any atom is -0.393 e. The summed E-state index contributed by atoms with van der Waals surface area (Å²) in [7, 11) is -4.35. The van der Waals surface area contributed by atoms with Crippen LogP contribution >= 0.6 is 7.82 Å². The van der Waals surface area contributed by atoms with Crippen LogP contribution in [0.25, 0.3) is 0 Å². The van der Waals surface area contributed by atoms with Gasteiger partial charge in [-0.25, -0.2) is 4.57 Å². The van der Waals surface area contributed by atoms with Crippen LogP contribution in [0.15, 0.2) is 12.2 Å². The summed E-state index contributed by atoms with van der Waals surface area (Å²) in [5.41, 5.74) is 5.31. The number of aliphatic hydroxyl groups excluding tert-OH is 2. The molecule has 0 aromatic carbocycles. The number of carbonyl (C=O) groups excluding carboxylic acids is 1. The molecule has 4 unspecified atom stereocenters. The standard InChI is InChI=1S/C29H59N2O7P/c1-3-5-7-9-11-13-14-16-18-20-26(32)24-29(34)31-27(25-38-39(35,36)37-23-22-30)28(33)21-19-17-15-12-10-8-6-4-2/h9,11,26-28,32-33H,3-8,10,12-25,30H2,1-2H3,(H,31,34)(H,35,36)/b11-9-. The molecule has 1 amide bonds. The van der Waals surface area contributed by atoms with E-state index in [2.05, 4.69) is 31.3 Å². The Balaban J connectivity index is 4.54. The van der Waals surface area contributed by atoms with Crippen molar-refractivity contribution in [2.75, 3.05) is 19.8 Å². The summed E-state index contributed by atoms with van der Waals surface area (Å²) in [6.07, 6.45) is 19.9. The lowest BCUT2D eigenvalue weighted by molar-refractivity contribution is -0.125. The normalized spacial score (nSPS) is 15.7. The third kappa shape index (κ3) is 24.7. The molecule has 10 heteroatoms. The summed E-state index contributed by atoms with van der Waals surface area (Å²) < 4.78 is 21.8. The highest BCUT2D eigenvalue weighted by molar-refractivity contribution is 7.47. The zero-order valence-corrected chi connectivity index (χ0v) is 25.6. The van der Waals surface area contributed by atoms with Crippen molar-refractivity contribution in [3.05, 3.63) is 12.2 Å². The van der Waals surface area contributed by atoms with E-state index in [1.54, 1.807) is 0 Å². The number of hydrogen-bond donors (Lipinski definition) is 5. The smallest absolute Gasteiger partial charge is 0.393 e. The molecule has 4 atom stereocenters. The topological polar surface area (TPSA) is 151 Å². The molecule has 6 N–H and O–H groups in total. The molecule has 0 rings (SSSR count). The first-order valence-electron chi connectivity index (χ1n) is 15.4. The number of phosphoric ester groups is 1. The van der Waals surface area contributed by atoms with Gasteiger partial charge in [0.2, 0.25) is 5.91 Å². The first-order valence-corrected chi connectivity index (χ1v) is 16.9. The Morgan fingerprint density at radius 1 is 0.846 bits per heavy atom. The van der Waals surface area contributed by atoms with Gasteiger partial charge < -0.3 is 26.2 Å². The summed E-state index contributed by atoms with van der Waals surface area (Å²) >= 11 is 0. The molecule has 0 bridgehead atoms. The van der Waals surface area contributed by atoms with E-state index in [1.807, 2.05) is 0 Å². The van der Waals surface area contributed by atoms with Gasteiger partial charge in [-0.1, -0.05) is 103 Å². The van der Waals surface area contributed by atoms with E-state index in [4.69, 9.17) is 14.8 Å². The number of allylic oxidation sites excluding steroid dienone is 2. The molecule has 0 aliphatic rings. The third-order valence-corrected chi connectivity index (χ3v) is 7.66. The lowest BCUT2D eigenvalue weighted by atomic mass is 10.0. The second kappa shape index (κ2) is 26.1. The maximum absolute atomic E-state index is 12.6. The minimum absolute atomic E-state index is 0.0582. The first kappa shape index (κ1) is 38.2. The molecule has 0 saturated carbocycles. The number of nitrogens with two attached hydrogens (primary N) is 1. The third-order valence-electron chi connectivity index (χ3n) is 6.67. The summed E-state index contributed by atoms with van der Waals surface area (Å²) in [4.78, 5) is 22.4. The Bertz CT molecular complexity index is 651. The second-order valence-corrected chi connectivity index (χ2v) is 12.0. The molecule has 232 valence electrons. The van der Waals surface area contributed by atoms with Gasteiger partial charge in [-0.2, -0.15) is 0 Å². The van der Waals surface area contributed by atoms with Gasteiger partial charge >= 0.3 is 7.82 Å². The molecule has 0 radical (unpaired) electrons. The van der Waals surface area contributed by atoms with Crippen molar-refractivity contribution in [2.24, 2.45) is 5.73 Å². The lowest BCUT2D eigenvalue weighted by Crippen LogP contribution is -2.47. The molecule has 9 nitrogen and oxygen atoms in total. The van der Waals surface area contributed by atoms with Gasteiger partial charge in [-0.15, -0.1) is 0 Å². The number of unbranched alkanes of at least 4 members (excludes halogenated alkanes) is 12. The molecule has 0 aromatic rings. The van der Waals surface area contributed by atoms with Crippen LogP contribution in [0.5, 0.6) is 0 Å².